The van der Waals surface area contributed by atoms with Crippen LogP contribution in [0.25, 0.3) is 0 Å². The predicted molar refractivity (Wildman–Crippen MR) is 78.9 cm³/mol. The van der Waals surface area contributed by atoms with Crippen LogP contribution >= 0.6 is 12.2 Å². The van der Waals surface area contributed by atoms with Crippen molar-refractivity contribution in [1.29, 1.82) is 0 Å². The van der Waals surface area contributed by atoms with Crippen molar-refractivity contribution in [2.75, 3.05) is 13.7 Å². The molecular formula is C12H16N2O4S2. The molecule has 1 aromatic carbocycles. The molecule has 0 aliphatic rings. The van der Waals surface area contributed by atoms with Crippen LogP contribution in [0.5, 0.6) is 0 Å². The van der Waals surface area contributed by atoms with Gasteiger partial charge < -0.3 is 10.5 Å². The summed E-state index contributed by atoms with van der Waals surface area (Å²) in [5.74, 6) is -0.479. The minimum Gasteiger partial charge on any atom is -0.469 e. The summed E-state index contributed by atoms with van der Waals surface area (Å²) in [7, 11) is -2.43. The van der Waals surface area contributed by atoms with E-state index in [1.165, 1.54) is 19.2 Å². The van der Waals surface area contributed by atoms with E-state index in [9.17, 15) is 13.2 Å². The van der Waals surface area contributed by atoms with E-state index in [0.29, 0.717) is 11.1 Å². The number of rotatable bonds is 6. The predicted octanol–water partition coefficient (Wildman–Crippen LogP) is 0.471. The highest BCUT2D eigenvalue weighted by atomic mass is 32.2. The summed E-state index contributed by atoms with van der Waals surface area (Å²) in [6.07, 6.45) is -0.0281. The molecule has 0 aliphatic carbocycles. The van der Waals surface area contributed by atoms with Gasteiger partial charge in [-0.1, -0.05) is 18.3 Å². The summed E-state index contributed by atoms with van der Waals surface area (Å²) in [6, 6.07) is 4.46. The van der Waals surface area contributed by atoms with Gasteiger partial charge in [-0.05, 0) is 24.6 Å². The maximum atomic E-state index is 12.0. The van der Waals surface area contributed by atoms with Crippen molar-refractivity contribution in [3.05, 3.63) is 29.3 Å². The first-order valence-corrected chi connectivity index (χ1v) is 7.64. The average molecular weight is 316 g/mol. The molecule has 0 aliphatic heterocycles. The van der Waals surface area contributed by atoms with Gasteiger partial charge in [-0.2, -0.15) is 0 Å². The van der Waals surface area contributed by atoms with Gasteiger partial charge in [0.05, 0.1) is 18.4 Å². The number of ether oxygens (including phenoxy) is 1. The number of benzene rings is 1. The van der Waals surface area contributed by atoms with Gasteiger partial charge in [0.25, 0.3) is 0 Å². The molecular weight excluding hydrogens is 300 g/mol. The first kappa shape index (κ1) is 16.5. The fourth-order valence-corrected chi connectivity index (χ4v) is 2.90. The third kappa shape index (κ3) is 4.26. The van der Waals surface area contributed by atoms with E-state index in [-0.39, 0.29) is 22.8 Å². The van der Waals surface area contributed by atoms with Gasteiger partial charge in [-0.3, -0.25) is 4.79 Å². The van der Waals surface area contributed by atoms with E-state index < -0.39 is 16.0 Å². The molecule has 8 heteroatoms. The van der Waals surface area contributed by atoms with E-state index in [2.05, 4.69) is 9.46 Å². The lowest BCUT2D eigenvalue weighted by Gasteiger charge is -2.09. The molecule has 6 nitrogen and oxygen atoms in total. The molecule has 0 unspecified atom stereocenters. The van der Waals surface area contributed by atoms with Crippen molar-refractivity contribution in [3.8, 4) is 0 Å². The highest BCUT2D eigenvalue weighted by molar-refractivity contribution is 7.89. The van der Waals surface area contributed by atoms with Gasteiger partial charge >= 0.3 is 5.97 Å². The average Bonchev–Trinajstić information content (AvgIpc) is 2.37. The van der Waals surface area contributed by atoms with Crippen LogP contribution in [0.4, 0.5) is 0 Å². The Hall–Kier alpha value is -1.51. The second-order valence-electron chi connectivity index (χ2n) is 4.06. The monoisotopic (exact) mass is 316 g/mol. The van der Waals surface area contributed by atoms with E-state index in [0.717, 1.165) is 0 Å². The number of methoxy groups -OCH3 is 1. The van der Waals surface area contributed by atoms with Crippen LogP contribution in [0.1, 0.15) is 17.5 Å². The molecule has 3 N–H and O–H groups in total. The van der Waals surface area contributed by atoms with Gasteiger partial charge in [-0.15, -0.1) is 0 Å². The van der Waals surface area contributed by atoms with Crippen LogP contribution in [0.15, 0.2) is 23.1 Å². The maximum absolute atomic E-state index is 12.0. The Morgan fingerprint density at radius 3 is 2.60 bits per heavy atom. The third-order valence-electron chi connectivity index (χ3n) is 2.62. The van der Waals surface area contributed by atoms with Crippen LogP contribution in [0.2, 0.25) is 0 Å². The standard InChI is InChI=1S/C12H16N2O4S2/c1-8-7-9(3-4-10(8)12(13)19)20(16,17)14-6-5-11(15)18-2/h3-4,7,14H,5-6H2,1-2H3,(H2,13,19). The second kappa shape index (κ2) is 6.78. The Morgan fingerprint density at radius 2 is 2.10 bits per heavy atom. The second-order valence-corrected chi connectivity index (χ2v) is 6.27. The number of nitrogens with two attached hydrogens (primary N) is 1. The quantitative estimate of drug-likeness (QED) is 0.585. The van der Waals surface area contributed by atoms with Crippen molar-refractivity contribution in [1.82, 2.24) is 4.72 Å². The van der Waals surface area contributed by atoms with E-state index >= 15 is 0 Å². The largest absolute Gasteiger partial charge is 0.469 e. The van der Waals surface area contributed by atoms with Crippen LogP contribution in [0.3, 0.4) is 0 Å². The molecule has 1 aromatic rings. The van der Waals surface area contributed by atoms with E-state index in [1.54, 1.807) is 13.0 Å². The fraction of sp³-hybridized carbons (Fsp3) is 0.333. The molecule has 0 aromatic heterocycles. The molecule has 0 radical (unpaired) electrons. The number of hydrogen-bond donors (Lipinski definition) is 2. The number of nitrogens with one attached hydrogen (secondary N) is 1. The number of carbonyl (C=O) groups excluding carboxylic acids is 1. The highest BCUT2D eigenvalue weighted by Crippen LogP contribution is 2.15. The lowest BCUT2D eigenvalue weighted by molar-refractivity contribution is -0.140. The minimum atomic E-state index is -3.67. The molecule has 0 atom stereocenters. The zero-order valence-corrected chi connectivity index (χ0v) is 12.8. The van der Waals surface area contributed by atoms with Crippen molar-refractivity contribution in [3.63, 3.8) is 0 Å². The Balaban J connectivity index is 2.85. The van der Waals surface area contributed by atoms with E-state index in [1.807, 2.05) is 0 Å². The molecule has 110 valence electrons. The zero-order chi connectivity index (χ0) is 15.3. The van der Waals surface area contributed by atoms with Crippen molar-refractivity contribution in [2.24, 2.45) is 5.73 Å². The molecule has 0 fully saturated rings. The van der Waals surface area contributed by atoms with Crippen molar-refractivity contribution in [2.45, 2.75) is 18.2 Å². The number of thiocarbonyl (C=S) groups is 1. The van der Waals surface area contributed by atoms with Gasteiger partial charge in [0.1, 0.15) is 4.99 Å². The number of carbonyl (C=O) groups is 1. The number of sulfonamides is 1. The zero-order valence-electron chi connectivity index (χ0n) is 11.2. The molecule has 0 heterocycles. The normalized spacial score (nSPS) is 11.1. The van der Waals surface area contributed by atoms with Gasteiger partial charge in [0.15, 0.2) is 0 Å². The molecule has 1 rings (SSSR count). The number of esters is 1. The molecule has 0 saturated heterocycles. The van der Waals surface area contributed by atoms with Crippen LogP contribution in [-0.2, 0) is 19.6 Å². The molecule has 0 amide bonds. The number of hydrogen-bond acceptors (Lipinski definition) is 5. The van der Waals surface area contributed by atoms with Gasteiger partial charge in [-0.25, -0.2) is 13.1 Å². The molecule has 0 saturated carbocycles. The summed E-state index contributed by atoms with van der Waals surface area (Å²) in [5.41, 5.74) is 6.82. The van der Waals surface area contributed by atoms with Crippen LogP contribution in [-0.4, -0.2) is 33.0 Å². The SMILES string of the molecule is COC(=O)CCNS(=O)(=O)c1ccc(C(N)=S)c(C)c1. The molecule has 0 spiro atoms. The van der Waals surface area contributed by atoms with Crippen LogP contribution < -0.4 is 10.5 Å². The third-order valence-corrected chi connectivity index (χ3v) is 4.30. The van der Waals surface area contributed by atoms with Gasteiger partial charge in [0, 0.05) is 12.1 Å². The lowest BCUT2D eigenvalue weighted by atomic mass is 10.1. The van der Waals surface area contributed by atoms with E-state index in [4.69, 9.17) is 18.0 Å². The van der Waals surface area contributed by atoms with Gasteiger partial charge in [0.2, 0.25) is 10.0 Å². The fourth-order valence-electron chi connectivity index (χ4n) is 1.55. The summed E-state index contributed by atoms with van der Waals surface area (Å²) < 4.78 is 30.8. The first-order chi connectivity index (χ1) is 9.27. The van der Waals surface area contributed by atoms with Crippen LogP contribution in [0, 0.1) is 6.92 Å². The van der Waals surface area contributed by atoms with Crippen molar-refractivity contribution < 1.29 is 17.9 Å². The topological polar surface area (TPSA) is 98.5 Å². The Morgan fingerprint density at radius 1 is 1.45 bits per heavy atom. The summed E-state index contributed by atoms with van der Waals surface area (Å²) in [5, 5.41) is 0. The highest BCUT2D eigenvalue weighted by Gasteiger charge is 2.15. The Labute approximate surface area is 123 Å². The Bertz CT molecular complexity index is 626. The lowest BCUT2D eigenvalue weighted by Crippen LogP contribution is -2.26. The number of aryl methyl sites for hydroxylation is 1. The van der Waals surface area contributed by atoms with Crippen molar-refractivity contribution >= 4 is 33.2 Å². The summed E-state index contributed by atoms with van der Waals surface area (Å²) >= 11 is 4.86. The first-order valence-electron chi connectivity index (χ1n) is 5.75. The summed E-state index contributed by atoms with van der Waals surface area (Å²) in [6.45, 7) is 1.70. The molecule has 0 bridgehead atoms. The Kier molecular flexibility index (Phi) is 5.61. The maximum Gasteiger partial charge on any atom is 0.306 e. The summed E-state index contributed by atoms with van der Waals surface area (Å²) in [4.78, 5) is 11.2. The molecule has 20 heavy (non-hydrogen) atoms. The minimum absolute atomic E-state index is 0.0227. The smallest absolute Gasteiger partial charge is 0.306 e.